The smallest absolute Gasteiger partial charge is 0.336 e. The summed E-state index contributed by atoms with van der Waals surface area (Å²) in [5.41, 5.74) is 4.32. The first-order valence-corrected chi connectivity index (χ1v) is 9.46. The zero-order chi connectivity index (χ0) is 20.4. The van der Waals surface area contributed by atoms with Crippen LogP contribution >= 0.6 is 11.6 Å². The molecule has 0 aliphatic rings. The summed E-state index contributed by atoms with van der Waals surface area (Å²) >= 11 is 6.30. The Kier molecular flexibility index (Phi) is 5.96. The van der Waals surface area contributed by atoms with Gasteiger partial charge in [0.05, 0.1) is 21.3 Å². The van der Waals surface area contributed by atoms with Crippen LogP contribution in [0.15, 0.2) is 39.5 Å². The van der Waals surface area contributed by atoms with E-state index < -0.39 is 0 Å². The highest BCUT2D eigenvalue weighted by Crippen LogP contribution is 2.30. The predicted molar refractivity (Wildman–Crippen MR) is 111 cm³/mol. The molecule has 1 heterocycles. The quantitative estimate of drug-likeness (QED) is 0.643. The van der Waals surface area contributed by atoms with Crippen molar-refractivity contribution in [3.05, 3.63) is 68.0 Å². The van der Waals surface area contributed by atoms with Gasteiger partial charge >= 0.3 is 5.63 Å². The third kappa shape index (κ3) is 4.16. The summed E-state index contributed by atoms with van der Waals surface area (Å²) in [6, 6.07) is 9.24. The zero-order valence-electron chi connectivity index (χ0n) is 16.8. The molecule has 1 atom stereocenters. The van der Waals surface area contributed by atoms with Gasteiger partial charge in [-0.25, -0.2) is 4.79 Å². The van der Waals surface area contributed by atoms with Crippen molar-refractivity contribution >= 4 is 22.6 Å². The number of halogens is 1. The van der Waals surface area contributed by atoms with E-state index in [-0.39, 0.29) is 5.63 Å². The Balaban J connectivity index is 1.91. The molecule has 6 heteroatoms. The number of nitrogens with one attached hydrogen (secondary N) is 1. The van der Waals surface area contributed by atoms with E-state index >= 15 is 0 Å². The van der Waals surface area contributed by atoms with Crippen LogP contribution < -0.4 is 20.0 Å². The molecule has 5 nitrogen and oxygen atoms in total. The van der Waals surface area contributed by atoms with Gasteiger partial charge in [-0.1, -0.05) is 11.6 Å². The average molecular weight is 403 g/mol. The SMILES string of the molecule is COc1cc(C)c(C[NH+](C)Cc2cc(=O)oc3cc(C)c(Cl)cc23)cc1OC. The molecule has 0 spiro atoms. The maximum Gasteiger partial charge on any atom is 0.336 e. The summed E-state index contributed by atoms with van der Waals surface area (Å²) in [6.45, 7) is 5.38. The summed E-state index contributed by atoms with van der Waals surface area (Å²) in [5, 5.41) is 1.54. The number of rotatable bonds is 6. The highest BCUT2D eigenvalue weighted by molar-refractivity contribution is 6.32. The van der Waals surface area contributed by atoms with Gasteiger partial charge in [0.2, 0.25) is 0 Å². The average Bonchev–Trinajstić information content (AvgIpc) is 2.64. The van der Waals surface area contributed by atoms with Gasteiger partial charge in [0.25, 0.3) is 0 Å². The summed E-state index contributed by atoms with van der Waals surface area (Å²) in [5.74, 6) is 1.43. The Labute approximate surface area is 169 Å². The molecule has 1 aromatic heterocycles. The molecule has 0 fully saturated rings. The lowest BCUT2D eigenvalue weighted by Crippen LogP contribution is -3.06. The molecule has 0 aliphatic carbocycles. The number of ether oxygens (including phenoxy) is 2. The van der Waals surface area contributed by atoms with Crippen LogP contribution in [0.5, 0.6) is 11.5 Å². The van der Waals surface area contributed by atoms with Crippen molar-refractivity contribution < 1.29 is 18.8 Å². The Morgan fingerprint density at radius 2 is 1.57 bits per heavy atom. The molecule has 0 aliphatic heterocycles. The molecule has 0 bridgehead atoms. The fraction of sp³-hybridized carbons (Fsp3) is 0.318. The van der Waals surface area contributed by atoms with Crippen molar-refractivity contribution in [1.29, 1.82) is 0 Å². The molecule has 148 valence electrons. The maximum atomic E-state index is 12.0. The summed E-state index contributed by atoms with van der Waals surface area (Å²) in [6.07, 6.45) is 0. The minimum absolute atomic E-state index is 0.348. The van der Waals surface area contributed by atoms with Crippen molar-refractivity contribution in [3.8, 4) is 11.5 Å². The molecule has 28 heavy (non-hydrogen) atoms. The summed E-state index contributed by atoms with van der Waals surface area (Å²) in [4.78, 5) is 13.2. The number of hydrogen-bond donors (Lipinski definition) is 1. The summed E-state index contributed by atoms with van der Waals surface area (Å²) in [7, 11) is 5.36. The molecule has 2 aromatic carbocycles. The lowest BCUT2D eigenvalue weighted by atomic mass is 10.1. The van der Waals surface area contributed by atoms with Gasteiger partial charge in [-0.3, -0.25) is 0 Å². The molecule has 1 N–H and O–H groups in total. The molecule has 0 amide bonds. The number of benzene rings is 2. The number of hydrogen-bond acceptors (Lipinski definition) is 4. The van der Waals surface area contributed by atoms with Crippen LogP contribution in [0, 0.1) is 13.8 Å². The number of quaternary nitrogens is 1. The van der Waals surface area contributed by atoms with Gasteiger partial charge in [0.15, 0.2) is 11.5 Å². The molecule has 3 aromatic rings. The minimum Gasteiger partial charge on any atom is -0.493 e. The highest BCUT2D eigenvalue weighted by Gasteiger charge is 2.15. The standard InChI is InChI=1S/C22H24ClNO4/c1-13-6-20(26-4)21(27-5)8-15(13)11-24(3)12-16-9-22(25)28-19-7-14(2)18(23)10-17(16)19/h6-10H,11-12H2,1-5H3/p+1. The van der Waals surface area contributed by atoms with E-state index in [0.717, 1.165) is 39.9 Å². The second-order valence-electron chi connectivity index (χ2n) is 7.13. The Morgan fingerprint density at radius 1 is 0.929 bits per heavy atom. The fourth-order valence-electron chi connectivity index (χ4n) is 3.42. The van der Waals surface area contributed by atoms with E-state index in [1.807, 2.05) is 31.2 Å². The number of methoxy groups -OCH3 is 2. The van der Waals surface area contributed by atoms with E-state index in [1.165, 1.54) is 4.90 Å². The van der Waals surface area contributed by atoms with E-state index in [4.69, 9.17) is 25.5 Å². The Hall–Kier alpha value is -2.50. The van der Waals surface area contributed by atoms with Crippen LogP contribution in [0.2, 0.25) is 5.02 Å². The topological polar surface area (TPSA) is 53.1 Å². The van der Waals surface area contributed by atoms with E-state index in [1.54, 1.807) is 20.3 Å². The van der Waals surface area contributed by atoms with E-state index in [2.05, 4.69) is 14.0 Å². The predicted octanol–water partition coefficient (Wildman–Crippen LogP) is 3.30. The van der Waals surface area contributed by atoms with Crippen molar-refractivity contribution in [1.82, 2.24) is 0 Å². The lowest BCUT2D eigenvalue weighted by molar-refractivity contribution is -0.907. The Bertz CT molecular complexity index is 1070. The van der Waals surface area contributed by atoms with Crippen molar-refractivity contribution in [2.45, 2.75) is 26.9 Å². The first-order chi connectivity index (χ1) is 13.3. The van der Waals surface area contributed by atoms with Crippen LogP contribution in [0.3, 0.4) is 0 Å². The van der Waals surface area contributed by atoms with Crippen molar-refractivity contribution in [2.75, 3.05) is 21.3 Å². The minimum atomic E-state index is -0.348. The zero-order valence-corrected chi connectivity index (χ0v) is 17.6. The van der Waals surface area contributed by atoms with Gasteiger partial charge in [-0.15, -0.1) is 0 Å². The monoisotopic (exact) mass is 402 g/mol. The van der Waals surface area contributed by atoms with E-state index in [9.17, 15) is 4.79 Å². The number of fused-ring (bicyclic) bond motifs is 1. The van der Waals surface area contributed by atoms with E-state index in [0.29, 0.717) is 22.9 Å². The Morgan fingerprint density at radius 3 is 2.25 bits per heavy atom. The second-order valence-corrected chi connectivity index (χ2v) is 7.54. The molecule has 3 rings (SSSR count). The van der Waals surface area contributed by atoms with Crippen LogP contribution in [-0.2, 0) is 13.1 Å². The van der Waals surface area contributed by atoms with Crippen LogP contribution in [-0.4, -0.2) is 21.3 Å². The molecule has 0 radical (unpaired) electrons. The van der Waals surface area contributed by atoms with Gasteiger partial charge < -0.3 is 18.8 Å². The molecular formula is C22H25ClNO4+. The van der Waals surface area contributed by atoms with Gasteiger partial charge in [0, 0.05) is 27.6 Å². The third-order valence-corrected chi connectivity index (χ3v) is 5.34. The van der Waals surface area contributed by atoms with Crippen molar-refractivity contribution in [2.24, 2.45) is 0 Å². The fourth-order valence-corrected chi connectivity index (χ4v) is 3.58. The summed E-state index contributed by atoms with van der Waals surface area (Å²) < 4.78 is 16.2. The van der Waals surface area contributed by atoms with Crippen LogP contribution in [0.25, 0.3) is 11.0 Å². The highest BCUT2D eigenvalue weighted by atomic mass is 35.5. The van der Waals surface area contributed by atoms with Crippen LogP contribution in [0.4, 0.5) is 0 Å². The lowest BCUT2D eigenvalue weighted by Gasteiger charge is -2.18. The van der Waals surface area contributed by atoms with Gasteiger partial charge in [-0.05, 0) is 49.2 Å². The second kappa shape index (κ2) is 8.25. The van der Waals surface area contributed by atoms with Crippen LogP contribution in [0.1, 0.15) is 22.3 Å². The first-order valence-electron chi connectivity index (χ1n) is 9.08. The molecule has 1 unspecified atom stereocenters. The molecule has 0 saturated carbocycles. The van der Waals surface area contributed by atoms with Crippen molar-refractivity contribution in [3.63, 3.8) is 0 Å². The van der Waals surface area contributed by atoms with Gasteiger partial charge in [0.1, 0.15) is 18.7 Å². The largest absolute Gasteiger partial charge is 0.493 e. The number of aryl methyl sites for hydroxylation is 2. The third-order valence-electron chi connectivity index (χ3n) is 4.94. The maximum absolute atomic E-state index is 12.0. The molecule has 0 saturated heterocycles. The van der Waals surface area contributed by atoms with Gasteiger partial charge in [-0.2, -0.15) is 0 Å². The normalized spacial score (nSPS) is 12.2. The molecular weight excluding hydrogens is 378 g/mol. The first kappa shape index (κ1) is 20.2.